The second-order valence-corrected chi connectivity index (χ2v) is 13.1. The number of nitrogens with one attached hydrogen (secondary N) is 1. The molecule has 1 N–H and O–H groups in total. The van der Waals surface area contributed by atoms with Crippen LogP contribution in [0.3, 0.4) is 0 Å². The number of carbonyl (C=O) groups excluding carboxylic acids is 1. The zero-order chi connectivity index (χ0) is 18.7. The predicted octanol–water partition coefficient (Wildman–Crippen LogP) is 3.13. The molecule has 1 aliphatic rings. The first kappa shape index (κ1) is 19.3. The van der Waals surface area contributed by atoms with Crippen LogP contribution in [-0.2, 0) is 4.74 Å². The van der Waals surface area contributed by atoms with Crippen LogP contribution in [0.25, 0.3) is 0 Å². The molecule has 1 aromatic rings. The van der Waals surface area contributed by atoms with Gasteiger partial charge < -0.3 is 15.0 Å². The van der Waals surface area contributed by atoms with E-state index in [0.717, 1.165) is 12.0 Å². The van der Waals surface area contributed by atoms with Gasteiger partial charge in [-0.05, 0) is 27.2 Å². The molecule has 1 fully saturated rings. The maximum Gasteiger partial charge on any atom is 0.410 e. The molecule has 0 aliphatic carbocycles. The molecule has 0 unspecified atom stereocenters. The summed E-state index contributed by atoms with van der Waals surface area (Å²) in [5, 5.41) is 3.28. The molecule has 0 bridgehead atoms. The first-order valence-corrected chi connectivity index (χ1v) is 12.1. The van der Waals surface area contributed by atoms with Gasteiger partial charge in [0.25, 0.3) is 0 Å². The van der Waals surface area contributed by atoms with Gasteiger partial charge in [0.05, 0.1) is 5.56 Å². The van der Waals surface area contributed by atoms with E-state index in [0.29, 0.717) is 19.0 Å². The van der Waals surface area contributed by atoms with E-state index in [1.165, 1.54) is 0 Å². The van der Waals surface area contributed by atoms with Crippen molar-refractivity contribution in [2.75, 3.05) is 18.4 Å². The highest BCUT2D eigenvalue weighted by Crippen LogP contribution is 2.17. The van der Waals surface area contributed by atoms with E-state index in [4.69, 9.17) is 4.74 Å². The van der Waals surface area contributed by atoms with Crippen LogP contribution in [0.4, 0.5) is 10.7 Å². The molecule has 7 heteroatoms. The van der Waals surface area contributed by atoms with Gasteiger partial charge in [0.1, 0.15) is 13.7 Å². The van der Waals surface area contributed by atoms with E-state index in [2.05, 4.69) is 46.4 Å². The molecule has 1 aromatic heterocycles. The Morgan fingerprint density at radius 3 is 2.52 bits per heavy atom. The minimum Gasteiger partial charge on any atom is -0.444 e. The predicted molar refractivity (Wildman–Crippen MR) is 102 cm³/mol. The molecule has 2 heterocycles. The van der Waals surface area contributed by atoms with Gasteiger partial charge in [-0.3, -0.25) is 0 Å². The Hall–Kier alpha value is -2.07. The summed E-state index contributed by atoms with van der Waals surface area (Å²) in [6.45, 7) is 13.5. The van der Waals surface area contributed by atoms with Gasteiger partial charge in [0.15, 0.2) is 0 Å². The Kier molecular flexibility index (Phi) is 5.73. The van der Waals surface area contributed by atoms with Crippen molar-refractivity contribution >= 4 is 20.1 Å². The Morgan fingerprint density at radius 1 is 1.32 bits per heavy atom. The topological polar surface area (TPSA) is 67.3 Å². The van der Waals surface area contributed by atoms with E-state index in [1.54, 1.807) is 17.3 Å². The molecule has 25 heavy (non-hydrogen) atoms. The Morgan fingerprint density at radius 2 is 1.96 bits per heavy atom. The summed E-state index contributed by atoms with van der Waals surface area (Å²) in [6, 6.07) is 0.131. The molecule has 1 aliphatic heterocycles. The van der Waals surface area contributed by atoms with Crippen molar-refractivity contribution in [3.63, 3.8) is 0 Å². The number of hydrogen-bond acceptors (Lipinski definition) is 5. The van der Waals surface area contributed by atoms with Gasteiger partial charge in [-0.25, -0.2) is 14.8 Å². The van der Waals surface area contributed by atoms with Crippen LogP contribution in [0.15, 0.2) is 12.4 Å². The summed E-state index contributed by atoms with van der Waals surface area (Å²) in [6.07, 6.45) is 4.06. The van der Waals surface area contributed by atoms with Crippen molar-refractivity contribution in [1.82, 2.24) is 14.9 Å². The van der Waals surface area contributed by atoms with E-state index < -0.39 is 13.7 Å². The van der Waals surface area contributed by atoms with E-state index in [-0.39, 0.29) is 12.1 Å². The maximum absolute atomic E-state index is 12.1. The summed E-state index contributed by atoms with van der Waals surface area (Å²) >= 11 is 0. The number of amides is 1. The molecule has 0 radical (unpaired) electrons. The molecule has 1 saturated heterocycles. The molecule has 0 saturated carbocycles. The van der Waals surface area contributed by atoms with Gasteiger partial charge >= 0.3 is 6.09 Å². The molecular weight excluding hydrogens is 332 g/mol. The van der Waals surface area contributed by atoms with Gasteiger partial charge in [-0.15, -0.1) is 5.54 Å². The van der Waals surface area contributed by atoms with Gasteiger partial charge in [0.2, 0.25) is 5.95 Å². The van der Waals surface area contributed by atoms with E-state index in [9.17, 15) is 4.79 Å². The van der Waals surface area contributed by atoms with Crippen LogP contribution in [0, 0.1) is 11.5 Å². The second-order valence-electron chi connectivity index (χ2n) is 8.35. The van der Waals surface area contributed by atoms with Crippen LogP contribution in [-0.4, -0.2) is 53.8 Å². The largest absolute Gasteiger partial charge is 0.444 e. The normalized spacial score (nSPS) is 17.7. The second kappa shape index (κ2) is 7.44. The smallest absolute Gasteiger partial charge is 0.410 e. The summed E-state index contributed by atoms with van der Waals surface area (Å²) in [4.78, 5) is 22.5. The highest BCUT2D eigenvalue weighted by atomic mass is 28.3. The number of ether oxygens (including phenoxy) is 1. The molecule has 2 rings (SSSR count). The zero-order valence-electron chi connectivity index (χ0n) is 16.0. The third-order valence-corrected chi connectivity index (χ3v) is 4.28. The third kappa shape index (κ3) is 6.75. The van der Waals surface area contributed by atoms with Crippen LogP contribution in [0.2, 0.25) is 19.6 Å². The van der Waals surface area contributed by atoms with E-state index in [1.807, 2.05) is 20.8 Å². The minimum atomic E-state index is -1.40. The lowest BCUT2D eigenvalue weighted by molar-refractivity contribution is 0.0293. The molecule has 1 atom stereocenters. The minimum absolute atomic E-state index is 0.131. The van der Waals surface area contributed by atoms with Crippen molar-refractivity contribution in [3.05, 3.63) is 18.0 Å². The monoisotopic (exact) mass is 360 g/mol. The van der Waals surface area contributed by atoms with Gasteiger partial charge in [-0.2, -0.15) is 0 Å². The number of likely N-dealkylation sites (tertiary alicyclic amines) is 1. The summed E-state index contributed by atoms with van der Waals surface area (Å²) in [5.41, 5.74) is 3.65. The van der Waals surface area contributed by atoms with Crippen LogP contribution < -0.4 is 5.32 Å². The number of anilines is 1. The highest BCUT2D eigenvalue weighted by molar-refractivity contribution is 6.83. The fourth-order valence-electron chi connectivity index (χ4n) is 2.28. The molecule has 6 nitrogen and oxygen atoms in total. The van der Waals surface area contributed by atoms with Crippen molar-refractivity contribution in [2.24, 2.45) is 0 Å². The van der Waals surface area contributed by atoms with Crippen molar-refractivity contribution in [2.45, 2.75) is 58.5 Å². The molecule has 0 spiro atoms. The van der Waals surface area contributed by atoms with Crippen molar-refractivity contribution < 1.29 is 9.53 Å². The van der Waals surface area contributed by atoms with E-state index >= 15 is 0 Å². The maximum atomic E-state index is 12.1. The van der Waals surface area contributed by atoms with Crippen LogP contribution >= 0.6 is 0 Å². The first-order chi connectivity index (χ1) is 11.5. The Bertz CT molecular complexity index is 666. The van der Waals surface area contributed by atoms with Crippen LogP contribution in [0.1, 0.15) is 32.8 Å². The standard InChI is InChI=1S/C18H28N4O2Si/c1-18(2,3)24-17(23)22-9-7-15(13-22)21-16-19-11-14(12-20-16)8-10-25(4,5)6/h11-12,15H,7,9,13H2,1-6H3,(H,19,20,21)/t15-/m1/s1. The SMILES string of the molecule is CC(C)(C)OC(=O)N1CC[C@@H](Nc2ncc(C#C[Si](C)(C)C)cn2)C1. The number of nitrogens with zero attached hydrogens (tertiary/aromatic N) is 3. The molecule has 0 aromatic carbocycles. The third-order valence-electron chi connectivity index (χ3n) is 3.41. The summed E-state index contributed by atoms with van der Waals surface area (Å²) in [5.74, 6) is 3.70. The zero-order valence-corrected chi connectivity index (χ0v) is 17.0. The summed E-state index contributed by atoms with van der Waals surface area (Å²) < 4.78 is 5.41. The lowest BCUT2D eigenvalue weighted by atomic mass is 10.2. The Labute approximate surface area is 151 Å². The lowest BCUT2D eigenvalue weighted by Gasteiger charge is -2.24. The first-order valence-electron chi connectivity index (χ1n) is 8.61. The highest BCUT2D eigenvalue weighted by Gasteiger charge is 2.30. The van der Waals surface area contributed by atoms with Crippen molar-refractivity contribution in [3.8, 4) is 11.5 Å². The average Bonchev–Trinajstić information content (AvgIpc) is 2.93. The Balaban J connectivity index is 1.89. The number of rotatable bonds is 2. The fourth-order valence-corrected chi connectivity index (χ4v) is 2.80. The molecule has 136 valence electrons. The number of carbonyl (C=O) groups is 1. The quantitative estimate of drug-likeness (QED) is 0.648. The van der Waals surface area contributed by atoms with Crippen molar-refractivity contribution in [1.29, 1.82) is 0 Å². The average molecular weight is 361 g/mol. The fraction of sp³-hybridized carbons (Fsp3) is 0.611. The molecular formula is C18H28N4O2Si. The number of hydrogen-bond donors (Lipinski definition) is 1. The summed E-state index contributed by atoms with van der Waals surface area (Å²) in [7, 11) is -1.40. The molecule has 1 amide bonds. The van der Waals surface area contributed by atoms with Gasteiger partial charge in [-0.1, -0.05) is 25.6 Å². The van der Waals surface area contributed by atoms with Crippen LogP contribution in [0.5, 0.6) is 0 Å². The lowest BCUT2D eigenvalue weighted by Crippen LogP contribution is -2.36. The van der Waals surface area contributed by atoms with Gasteiger partial charge in [0, 0.05) is 31.5 Å². The number of aromatic nitrogens is 2.